The van der Waals surface area contributed by atoms with Gasteiger partial charge in [-0.2, -0.15) is 0 Å². The highest BCUT2D eigenvalue weighted by molar-refractivity contribution is 7.18. The topological polar surface area (TPSA) is 93.7 Å². The van der Waals surface area contributed by atoms with Gasteiger partial charge >= 0.3 is 5.97 Å². The number of ether oxygens (including phenoxy) is 2. The summed E-state index contributed by atoms with van der Waals surface area (Å²) in [6.07, 6.45) is 0. The number of rotatable bonds is 7. The number of anilines is 1. The van der Waals surface area contributed by atoms with Crippen molar-refractivity contribution in [2.24, 2.45) is 0 Å². The fourth-order valence-corrected chi connectivity index (χ4v) is 3.53. The zero-order valence-electron chi connectivity index (χ0n) is 15.7. The molecule has 0 spiro atoms. The summed E-state index contributed by atoms with van der Waals surface area (Å²) in [5, 5.41) is 5.55. The van der Waals surface area contributed by atoms with E-state index in [1.807, 2.05) is 6.92 Å². The average Bonchev–Trinajstić information content (AvgIpc) is 2.98. The lowest BCUT2D eigenvalue weighted by Crippen LogP contribution is -2.21. The van der Waals surface area contributed by atoms with Gasteiger partial charge in [0, 0.05) is 12.6 Å². The maximum absolute atomic E-state index is 12.6. The molecule has 144 valence electrons. The average molecular weight is 390 g/mol. The molecule has 0 saturated heterocycles. The first kappa shape index (κ1) is 20.4. The van der Waals surface area contributed by atoms with Gasteiger partial charge in [0.25, 0.3) is 11.8 Å². The fraction of sp³-hybridized carbons (Fsp3) is 0.316. The highest BCUT2D eigenvalue weighted by Crippen LogP contribution is 2.34. The van der Waals surface area contributed by atoms with Gasteiger partial charge in [0.05, 0.1) is 18.8 Å². The SMILES string of the molecule is CCOC(=O)c1sc(NC(=O)c2ccc(OCC)cc2)c(C(=O)NC)c1C. The Morgan fingerprint density at radius 2 is 1.70 bits per heavy atom. The zero-order valence-corrected chi connectivity index (χ0v) is 16.5. The quantitative estimate of drug-likeness (QED) is 0.708. The molecule has 1 aromatic carbocycles. The summed E-state index contributed by atoms with van der Waals surface area (Å²) >= 11 is 1.02. The number of esters is 1. The molecule has 2 rings (SSSR count). The molecule has 0 bridgehead atoms. The predicted molar refractivity (Wildman–Crippen MR) is 104 cm³/mol. The molecule has 0 unspecified atom stereocenters. The highest BCUT2D eigenvalue weighted by Gasteiger charge is 2.26. The Morgan fingerprint density at radius 3 is 2.26 bits per heavy atom. The summed E-state index contributed by atoms with van der Waals surface area (Å²) in [7, 11) is 1.49. The number of thiophene rings is 1. The normalized spacial score (nSPS) is 10.2. The molecule has 0 atom stereocenters. The summed E-state index contributed by atoms with van der Waals surface area (Å²) in [5.74, 6) is -0.635. The summed E-state index contributed by atoms with van der Waals surface area (Å²) < 4.78 is 10.4. The smallest absolute Gasteiger partial charge is 0.348 e. The first-order chi connectivity index (χ1) is 12.9. The van der Waals surface area contributed by atoms with Crippen molar-refractivity contribution in [2.75, 3.05) is 25.6 Å². The van der Waals surface area contributed by atoms with E-state index in [0.717, 1.165) is 11.3 Å². The molecule has 1 aromatic heterocycles. The van der Waals surface area contributed by atoms with Crippen LogP contribution in [0.1, 0.15) is 49.8 Å². The van der Waals surface area contributed by atoms with Gasteiger partial charge < -0.3 is 20.1 Å². The lowest BCUT2D eigenvalue weighted by Gasteiger charge is -2.07. The van der Waals surface area contributed by atoms with E-state index >= 15 is 0 Å². The number of hydrogen-bond donors (Lipinski definition) is 2. The molecule has 2 N–H and O–H groups in total. The number of carbonyl (C=O) groups excluding carboxylic acids is 3. The van der Waals surface area contributed by atoms with Gasteiger partial charge in [0.1, 0.15) is 15.6 Å². The van der Waals surface area contributed by atoms with Gasteiger partial charge in [0.15, 0.2) is 0 Å². The minimum absolute atomic E-state index is 0.222. The molecular formula is C19H22N2O5S. The number of benzene rings is 1. The third-order valence-corrected chi connectivity index (χ3v) is 4.90. The maximum atomic E-state index is 12.6. The number of hydrogen-bond acceptors (Lipinski definition) is 6. The van der Waals surface area contributed by atoms with Gasteiger partial charge in [0.2, 0.25) is 0 Å². The Kier molecular flexibility index (Phi) is 6.95. The van der Waals surface area contributed by atoms with Crippen molar-refractivity contribution >= 4 is 34.1 Å². The van der Waals surface area contributed by atoms with Crippen LogP contribution in [-0.4, -0.2) is 38.0 Å². The Labute approximate surface area is 161 Å². The van der Waals surface area contributed by atoms with Crippen LogP contribution >= 0.6 is 11.3 Å². The molecule has 0 fully saturated rings. The van der Waals surface area contributed by atoms with Gasteiger partial charge in [-0.15, -0.1) is 11.3 Å². The molecule has 8 heteroatoms. The minimum atomic E-state index is -0.522. The summed E-state index contributed by atoms with van der Waals surface area (Å²) in [6.45, 7) is 5.99. The summed E-state index contributed by atoms with van der Waals surface area (Å²) in [6, 6.07) is 6.66. The van der Waals surface area contributed by atoms with Crippen molar-refractivity contribution in [3.8, 4) is 5.75 Å². The molecule has 0 saturated carbocycles. The van der Waals surface area contributed by atoms with E-state index in [9.17, 15) is 14.4 Å². The van der Waals surface area contributed by atoms with E-state index in [4.69, 9.17) is 9.47 Å². The summed E-state index contributed by atoms with van der Waals surface area (Å²) in [5.41, 5.74) is 1.13. The van der Waals surface area contributed by atoms with Crippen LogP contribution in [0.25, 0.3) is 0 Å². The van der Waals surface area contributed by atoms with Crippen LogP contribution in [0.5, 0.6) is 5.75 Å². The largest absolute Gasteiger partial charge is 0.494 e. The summed E-state index contributed by atoms with van der Waals surface area (Å²) in [4.78, 5) is 37.2. The highest BCUT2D eigenvalue weighted by atomic mass is 32.1. The maximum Gasteiger partial charge on any atom is 0.348 e. The first-order valence-corrected chi connectivity index (χ1v) is 9.31. The van der Waals surface area contributed by atoms with Crippen LogP contribution in [-0.2, 0) is 4.74 Å². The second-order valence-corrected chi connectivity index (χ2v) is 6.49. The van der Waals surface area contributed by atoms with Gasteiger partial charge in [-0.3, -0.25) is 9.59 Å². The monoisotopic (exact) mass is 390 g/mol. The van der Waals surface area contributed by atoms with Crippen LogP contribution < -0.4 is 15.4 Å². The standard InChI is InChI=1S/C19H22N2O5S/c1-5-25-13-9-7-12(8-10-13)16(22)21-18-14(17(23)20-4)11(3)15(27-18)19(24)26-6-2/h7-10H,5-6H2,1-4H3,(H,20,23)(H,21,22). The second-order valence-electron chi connectivity index (χ2n) is 5.47. The molecule has 7 nitrogen and oxygen atoms in total. The lowest BCUT2D eigenvalue weighted by molar-refractivity contribution is 0.0531. The van der Waals surface area contributed by atoms with Crippen molar-refractivity contribution in [3.05, 3.63) is 45.8 Å². The number of carbonyl (C=O) groups is 3. The molecule has 0 aliphatic heterocycles. The first-order valence-electron chi connectivity index (χ1n) is 8.49. The third-order valence-electron chi connectivity index (χ3n) is 3.72. The van der Waals surface area contributed by atoms with E-state index in [-0.39, 0.29) is 28.9 Å². The Morgan fingerprint density at radius 1 is 1.04 bits per heavy atom. The zero-order chi connectivity index (χ0) is 20.0. The van der Waals surface area contributed by atoms with E-state index in [0.29, 0.717) is 28.5 Å². The van der Waals surface area contributed by atoms with Gasteiger partial charge in [-0.1, -0.05) is 0 Å². The van der Waals surface area contributed by atoms with Gasteiger partial charge in [-0.25, -0.2) is 4.79 Å². The van der Waals surface area contributed by atoms with Crippen LogP contribution in [0.4, 0.5) is 5.00 Å². The molecular weight excluding hydrogens is 368 g/mol. The van der Waals surface area contributed by atoms with Crippen LogP contribution in [0.2, 0.25) is 0 Å². The fourth-order valence-electron chi connectivity index (χ4n) is 2.44. The Hall–Kier alpha value is -2.87. The number of amides is 2. The Balaban J connectivity index is 2.33. The second kappa shape index (κ2) is 9.18. The predicted octanol–water partition coefficient (Wildman–Crippen LogP) is 3.24. The van der Waals surface area contributed by atoms with E-state index < -0.39 is 5.97 Å². The van der Waals surface area contributed by atoms with Gasteiger partial charge in [-0.05, 0) is 50.6 Å². The van der Waals surface area contributed by atoms with Crippen molar-refractivity contribution in [1.29, 1.82) is 0 Å². The van der Waals surface area contributed by atoms with Crippen molar-refractivity contribution in [3.63, 3.8) is 0 Å². The molecule has 2 aromatic rings. The molecule has 27 heavy (non-hydrogen) atoms. The molecule has 0 radical (unpaired) electrons. The molecule has 1 heterocycles. The van der Waals surface area contributed by atoms with Crippen LogP contribution in [0.3, 0.4) is 0 Å². The van der Waals surface area contributed by atoms with E-state index in [2.05, 4.69) is 10.6 Å². The van der Waals surface area contributed by atoms with Crippen molar-refractivity contribution in [1.82, 2.24) is 5.32 Å². The lowest BCUT2D eigenvalue weighted by atomic mass is 10.1. The Bertz CT molecular complexity index is 843. The van der Waals surface area contributed by atoms with Crippen LogP contribution in [0, 0.1) is 6.92 Å². The van der Waals surface area contributed by atoms with E-state index in [1.54, 1.807) is 38.1 Å². The minimum Gasteiger partial charge on any atom is -0.494 e. The van der Waals surface area contributed by atoms with Crippen molar-refractivity contribution < 1.29 is 23.9 Å². The van der Waals surface area contributed by atoms with Crippen molar-refractivity contribution in [2.45, 2.75) is 20.8 Å². The molecule has 2 amide bonds. The molecule has 0 aliphatic rings. The van der Waals surface area contributed by atoms with E-state index in [1.165, 1.54) is 7.05 Å². The van der Waals surface area contributed by atoms with Crippen LogP contribution in [0.15, 0.2) is 24.3 Å². The number of nitrogens with one attached hydrogen (secondary N) is 2. The molecule has 0 aliphatic carbocycles. The third kappa shape index (κ3) is 4.65.